The molecule has 5 heteroatoms. The van der Waals surface area contributed by atoms with Gasteiger partial charge in [-0.25, -0.2) is 4.98 Å². The van der Waals surface area contributed by atoms with Crippen molar-refractivity contribution in [2.45, 2.75) is 32.5 Å². The summed E-state index contributed by atoms with van der Waals surface area (Å²) in [7, 11) is 1.67. The summed E-state index contributed by atoms with van der Waals surface area (Å²) in [6.45, 7) is 4.37. The second-order valence-corrected chi connectivity index (χ2v) is 4.76. The van der Waals surface area contributed by atoms with Gasteiger partial charge in [0.2, 0.25) is 5.88 Å². The number of aliphatic hydroxyl groups excluding tert-OH is 1. The summed E-state index contributed by atoms with van der Waals surface area (Å²) < 4.78 is 10.7. The molecule has 0 aromatic carbocycles. The summed E-state index contributed by atoms with van der Waals surface area (Å²) in [4.78, 5) is 4.04. The molecule has 1 N–H and O–H groups in total. The minimum absolute atomic E-state index is 0.0797. The van der Waals surface area contributed by atoms with Gasteiger partial charge in [0, 0.05) is 19.7 Å². The van der Waals surface area contributed by atoms with Crippen LogP contribution in [0, 0.1) is 0 Å². The summed E-state index contributed by atoms with van der Waals surface area (Å²) >= 11 is 5.96. The Bertz CT molecular complexity index is 369. The Hall–Kier alpha value is -0.840. The van der Waals surface area contributed by atoms with E-state index in [9.17, 15) is 0 Å². The van der Waals surface area contributed by atoms with Crippen LogP contribution in [-0.4, -0.2) is 29.4 Å². The highest BCUT2D eigenvalue weighted by atomic mass is 35.5. The van der Waals surface area contributed by atoms with Gasteiger partial charge >= 0.3 is 0 Å². The summed E-state index contributed by atoms with van der Waals surface area (Å²) in [6.07, 6.45) is 2.28. The SMILES string of the molecule is COC(C)(C)CCOc1ncc(CO)cc1Cl. The number of rotatable bonds is 6. The van der Waals surface area contributed by atoms with Gasteiger partial charge in [0.25, 0.3) is 0 Å². The number of methoxy groups -OCH3 is 1. The fourth-order valence-electron chi connectivity index (χ4n) is 1.15. The maximum absolute atomic E-state index is 8.91. The Morgan fingerprint density at radius 2 is 2.18 bits per heavy atom. The number of hydrogen-bond acceptors (Lipinski definition) is 4. The van der Waals surface area contributed by atoms with Gasteiger partial charge in [0.05, 0.1) is 18.8 Å². The van der Waals surface area contributed by atoms with Crippen LogP contribution < -0.4 is 4.74 Å². The minimum atomic E-state index is -0.225. The number of aliphatic hydroxyl groups is 1. The van der Waals surface area contributed by atoms with Crippen molar-refractivity contribution in [3.05, 3.63) is 22.8 Å². The molecule has 0 radical (unpaired) electrons. The van der Waals surface area contributed by atoms with E-state index in [2.05, 4.69) is 4.98 Å². The lowest BCUT2D eigenvalue weighted by molar-refractivity contribution is 0.00509. The zero-order chi connectivity index (χ0) is 12.9. The highest BCUT2D eigenvalue weighted by molar-refractivity contribution is 6.31. The predicted molar refractivity (Wildman–Crippen MR) is 66.4 cm³/mol. The Labute approximate surface area is 107 Å². The third kappa shape index (κ3) is 4.50. The molecule has 0 spiro atoms. The second kappa shape index (κ2) is 6.19. The van der Waals surface area contributed by atoms with E-state index in [1.165, 1.54) is 0 Å². The molecule has 0 aliphatic rings. The highest BCUT2D eigenvalue weighted by Crippen LogP contribution is 2.23. The van der Waals surface area contributed by atoms with Gasteiger partial charge in [0.1, 0.15) is 5.02 Å². The topological polar surface area (TPSA) is 51.6 Å². The highest BCUT2D eigenvalue weighted by Gasteiger charge is 2.16. The monoisotopic (exact) mass is 259 g/mol. The smallest absolute Gasteiger partial charge is 0.232 e. The average molecular weight is 260 g/mol. The Morgan fingerprint density at radius 1 is 1.47 bits per heavy atom. The van der Waals surface area contributed by atoms with Crippen molar-refractivity contribution in [1.29, 1.82) is 0 Å². The maximum Gasteiger partial charge on any atom is 0.232 e. The Morgan fingerprint density at radius 3 is 2.71 bits per heavy atom. The van der Waals surface area contributed by atoms with Crippen LogP contribution >= 0.6 is 11.6 Å². The van der Waals surface area contributed by atoms with Crippen molar-refractivity contribution in [2.75, 3.05) is 13.7 Å². The van der Waals surface area contributed by atoms with Crippen molar-refractivity contribution in [3.63, 3.8) is 0 Å². The third-order valence-corrected chi connectivity index (χ3v) is 2.81. The van der Waals surface area contributed by atoms with E-state index in [0.29, 0.717) is 23.1 Å². The number of halogens is 1. The van der Waals surface area contributed by atoms with Crippen molar-refractivity contribution in [1.82, 2.24) is 4.98 Å². The molecule has 0 saturated heterocycles. The molecule has 0 atom stereocenters. The predicted octanol–water partition coefficient (Wildman–Crippen LogP) is 2.42. The Balaban J connectivity index is 2.52. The maximum atomic E-state index is 8.91. The van der Waals surface area contributed by atoms with E-state index in [-0.39, 0.29) is 12.2 Å². The van der Waals surface area contributed by atoms with Crippen LogP contribution in [0.15, 0.2) is 12.3 Å². The first-order valence-corrected chi connectivity index (χ1v) is 5.79. The standard InChI is InChI=1S/C12H18ClNO3/c1-12(2,16-3)4-5-17-11-10(13)6-9(8-15)7-14-11/h6-7,15H,4-5,8H2,1-3H3. The average Bonchev–Trinajstić information content (AvgIpc) is 2.31. The van der Waals surface area contributed by atoms with Crippen LogP contribution in [0.1, 0.15) is 25.8 Å². The molecule has 96 valence electrons. The molecule has 1 rings (SSSR count). The fourth-order valence-corrected chi connectivity index (χ4v) is 1.40. The third-order valence-electron chi connectivity index (χ3n) is 2.54. The lowest BCUT2D eigenvalue weighted by Crippen LogP contribution is -2.25. The molecule has 0 fully saturated rings. The molecule has 4 nitrogen and oxygen atoms in total. The number of nitrogens with zero attached hydrogens (tertiary/aromatic N) is 1. The molecule has 0 bridgehead atoms. The number of pyridine rings is 1. The number of aromatic nitrogens is 1. The number of hydrogen-bond donors (Lipinski definition) is 1. The van der Waals surface area contributed by atoms with Crippen molar-refractivity contribution < 1.29 is 14.6 Å². The molecule has 0 aliphatic carbocycles. The normalized spacial score (nSPS) is 11.6. The van der Waals surface area contributed by atoms with Crippen molar-refractivity contribution >= 4 is 11.6 Å². The molecule has 1 aromatic heterocycles. The van der Waals surface area contributed by atoms with Crippen LogP contribution in [0.25, 0.3) is 0 Å². The molecule has 0 amide bonds. The molecule has 0 saturated carbocycles. The van der Waals surface area contributed by atoms with Gasteiger partial charge in [0.15, 0.2) is 0 Å². The molecule has 0 unspecified atom stereocenters. The van der Waals surface area contributed by atoms with Crippen molar-refractivity contribution in [3.8, 4) is 5.88 Å². The van der Waals surface area contributed by atoms with Gasteiger partial charge in [-0.15, -0.1) is 0 Å². The van der Waals surface area contributed by atoms with E-state index in [4.69, 9.17) is 26.2 Å². The van der Waals surface area contributed by atoms with E-state index >= 15 is 0 Å². The van der Waals surface area contributed by atoms with E-state index in [1.807, 2.05) is 13.8 Å². The molecule has 1 heterocycles. The van der Waals surface area contributed by atoms with Crippen LogP contribution in [0.5, 0.6) is 5.88 Å². The van der Waals surface area contributed by atoms with Crippen LogP contribution in [0.2, 0.25) is 5.02 Å². The van der Waals surface area contributed by atoms with E-state index < -0.39 is 0 Å². The quantitative estimate of drug-likeness (QED) is 0.853. The van der Waals surface area contributed by atoms with Crippen molar-refractivity contribution in [2.24, 2.45) is 0 Å². The molecule has 1 aromatic rings. The first-order valence-electron chi connectivity index (χ1n) is 5.42. The molecular weight excluding hydrogens is 242 g/mol. The summed E-state index contributed by atoms with van der Waals surface area (Å²) in [5, 5.41) is 9.32. The molecular formula is C12H18ClNO3. The largest absolute Gasteiger partial charge is 0.476 e. The van der Waals surface area contributed by atoms with Gasteiger partial charge < -0.3 is 14.6 Å². The fraction of sp³-hybridized carbons (Fsp3) is 0.583. The zero-order valence-electron chi connectivity index (χ0n) is 10.4. The summed E-state index contributed by atoms with van der Waals surface area (Å²) in [6, 6.07) is 1.64. The Kier molecular flexibility index (Phi) is 5.18. The first-order chi connectivity index (χ1) is 7.98. The van der Waals surface area contributed by atoms with Crippen LogP contribution in [0.3, 0.4) is 0 Å². The van der Waals surface area contributed by atoms with Crippen LogP contribution in [0.4, 0.5) is 0 Å². The van der Waals surface area contributed by atoms with Gasteiger partial charge in [-0.2, -0.15) is 0 Å². The van der Waals surface area contributed by atoms with Crippen LogP contribution in [-0.2, 0) is 11.3 Å². The van der Waals surface area contributed by atoms with Gasteiger partial charge in [-0.05, 0) is 25.5 Å². The van der Waals surface area contributed by atoms with Gasteiger partial charge in [-0.3, -0.25) is 0 Å². The number of ether oxygens (including phenoxy) is 2. The van der Waals surface area contributed by atoms with E-state index in [1.54, 1.807) is 19.4 Å². The molecule has 17 heavy (non-hydrogen) atoms. The summed E-state index contributed by atoms with van der Waals surface area (Å²) in [5.41, 5.74) is 0.442. The lowest BCUT2D eigenvalue weighted by atomic mass is 10.1. The van der Waals surface area contributed by atoms with Gasteiger partial charge in [-0.1, -0.05) is 11.6 Å². The summed E-state index contributed by atoms with van der Waals surface area (Å²) in [5.74, 6) is 0.385. The first kappa shape index (κ1) is 14.2. The minimum Gasteiger partial charge on any atom is -0.476 e. The molecule has 0 aliphatic heterocycles. The zero-order valence-corrected chi connectivity index (χ0v) is 11.1. The van der Waals surface area contributed by atoms with E-state index in [0.717, 1.165) is 6.42 Å². The second-order valence-electron chi connectivity index (χ2n) is 4.35. The lowest BCUT2D eigenvalue weighted by Gasteiger charge is -2.22.